The molecule has 28 heavy (non-hydrogen) atoms. The molecule has 1 nitrogen and oxygen atoms in total. The van der Waals surface area contributed by atoms with Gasteiger partial charge in [-0.1, -0.05) is 103 Å². The van der Waals surface area contributed by atoms with Gasteiger partial charge in [-0.3, -0.25) is 0 Å². The number of hydrogen-bond acceptors (Lipinski definition) is 1. The van der Waals surface area contributed by atoms with Crippen LogP contribution in [0.1, 0.15) is 5.56 Å². The van der Waals surface area contributed by atoms with Crippen LogP contribution in [0.3, 0.4) is 0 Å². The molecule has 0 aliphatic heterocycles. The number of benzene rings is 4. The first-order valence-corrected chi connectivity index (χ1v) is 9.18. The van der Waals surface area contributed by atoms with Gasteiger partial charge in [-0.2, -0.15) is 27.1 Å². The fraction of sp³-hybridized carbons (Fsp3) is 0. The largest absolute Gasteiger partial charge is 1.00 e. The Balaban J connectivity index is 0.00000225. The molecule has 128 valence electrons. The van der Waals surface area contributed by atoms with Crippen molar-refractivity contribution in [3.63, 3.8) is 0 Å². The van der Waals surface area contributed by atoms with Gasteiger partial charge in [-0.25, -0.2) is 0 Å². The summed E-state index contributed by atoms with van der Waals surface area (Å²) in [4.78, 5) is 0. The molecule has 0 bridgehead atoms. The maximum atomic E-state index is 9.24. The van der Waals surface area contributed by atoms with Gasteiger partial charge in [0.1, 0.15) is 6.15 Å². The molecule has 0 amide bonds. The first-order valence-electron chi connectivity index (χ1n) is 9.18. The summed E-state index contributed by atoms with van der Waals surface area (Å²) < 4.78 is 0. The molecular weight excluding hydrogens is 348 g/mol. The van der Waals surface area contributed by atoms with Crippen molar-refractivity contribution in [3.05, 3.63) is 121 Å². The molecule has 0 N–H and O–H groups in total. The first-order chi connectivity index (χ1) is 13.4. The molecule has 0 fully saturated rings. The van der Waals surface area contributed by atoms with Crippen LogP contribution in [0.4, 0.5) is 0 Å². The molecule has 3 heteroatoms. The minimum absolute atomic E-state index is 0. The Morgan fingerprint density at radius 1 is 0.464 bits per heavy atom. The van der Waals surface area contributed by atoms with Gasteiger partial charge >= 0.3 is 29.6 Å². The van der Waals surface area contributed by atoms with Crippen molar-refractivity contribution in [2.75, 3.05) is 0 Å². The molecule has 0 heterocycles. The maximum Gasteiger partial charge on any atom is 1.00 e. The van der Waals surface area contributed by atoms with Gasteiger partial charge in [0, 0.05) is 0 Å². The second-order valence-corrected chi connectivity index (χ2v) is 6.83. The van der Waals surface area contributed by atoms with Crippen LogP contribution in [-0.4, -0.2) is 6.15 Å². The van der Waals surface area contributed by atoms with Crippen molar-refractivity contribution in [2.45, 2.75) is 0 Å². The quantitative estimate of drug-likeness (QED) is 0.464. The molecule has 4 aromatic carbocycles. The van der Waals surface area contributed by atoms with Crippen molar-refractivity contribution in [3.8, 4) is 6.07 Å². The smallest absolute Gasteiger partial charge is 0.195 e. The normalized spacial score (nSPS) is 10.5. The number of nitrogens with zero attached hydrogens (tertiary/aromatic N) is 1. The molecule has 0 aliphatic carbocycles. The molecule has 0 atom stereocenters. The topological polar surface area (TPSA) is 23.8 Å². The summed E-state index contributed by atoms with van der Waals surface area (Å²) in [5, 5.41) is 9.24. The van der Waals surface area contributed by atoms with E-state index in [1.54, 1.807) is 0 Å². The fourth-order valence-corrected chi connectivity index (χ4v) is 4.23. The van der Waals surface area contributed by atoms with Crippen molar-refractivity contribution in [2.24, 2.45) is 0 Å². The van der Waals surface area contributed by atoms with Crippen LogP contribution in [-0.2, 0) is 0 Å². The zero-order chi connectivity index (χ0) is 18.5. The molecule has 0 saturated heterocycles. The Morgan fingerprint density at radius 3 is 1.11 bits per heavy atom. The van der Waals surface area contributed by atoms with Crippen LogP contribution in [0.15, 0.2) is 115 Å². The molecule has 0 radical (unpaired) electrons. The summed E-state index contributed by atoms with van der Waals surface area (Å²) in [6.45, 7) is 0. The summed E-state index contributed by atoms with van der Waals surface area (Å²) in [6, 6.07) is 42.3. The van der Waals surface area contributed by atoms with Crippen LogP contribution >= 0.6 is 0 Å². The van der Waals surface area contributed by atoms with Crippen molar-refractivity contribution >= 4 is 28.0 Å². The predicted molar refractivity (Wildman–Crippen MR) is 115 cm³/mol. The van der Waals surface area contributed by atoms with E-state index in [9.17, 15) is 5.26 Å². The van der Waals surface area contributed by atoms with Crippen LogP contribution in [0.2, 0.25) is 0 Å². The number of rotatable bonds is 4. The molecule has 4 aromatic rings. The van der Waals surface area contributed by atoms with Gasteiger partial charge in [-0.05, 0) is 12.1 Å². The van der Waals surface area contributed by atoms with Crippen LogP contribution in [0.25, 0.3) is 0 Å². The third-order valence-electron chi connectivity index (χ3n) is 5.44. The van der Waals surface area contributed by atoms with E-state index in [0.717, 1.165) is 0 Å². The molecule has 0 spiro atoms. The summed E-state index contributed by atoms with van der Waals surface area (Å²) in [6.07, 6.45) is -1.35. The van der Waals surface area contributed by atoms with E-state index in [0.29, 0.717) is 5.56 Å². The van der Waals surface area contributed by atoms with Gasteiger partial charge in [0.15, 0.2) is 0 Å². The average molecular weight is 367 g/mol. The van der Waals surface area contributed by atoms with Crippen molar-refractivity contribution < 1.29 is 29.6 Å². The molecule has 0 aromatic heterocycles. The third-order valence-corrected chi connectivity index (χ3v) is 5.44. The van der Waals surface area contributed by atoms with E-state index in [2.05, 4.69) is 109 Å². The summed E-state index contributed by atoms with van der Waals surface area (Å²) in [5.74, 6) is 0. The summed E-state index contributed by atoms with van der Waals surface area (Å²) >= 11 is 0. The summed E-state index contributed by atoms with van der Waals surface area (Å²) in [5.41, 5.74) is 5.68. The van der Waals surface area contributed by atoms with Gasteiger partial charge in [0.05, 0.1) is 11.6 Å². The Morgan fingerprint density at radius 2 is 0.786 bits per heavy atom. The molecular formula is C25H19BNNa. The molecule has 0 saturated carbocycles. The van der Waals surface area contributed by atoms with Crippen LogP contribution in [0, 0.1) is 11.3 Å². The van der Waals surface area contributed by atoms with E-state index in [4.69, 9.17) is 0 Å². The second-order valence-electron chi connectivity index (χ2n) is 6.83. The minimum atomic E-state index is -1.35. The second kappa shape index (κ2) is 9.08. The van der Waals surface area contributed by atoms with E-state index >= 15 is 0 Å². The predicted octanol–water partition coefficient (Wildman–Crippen LogP) is -0.0603. The Kier molecular flexibility index (Phi) is 6.55. The fourth-order valence-electron chi connectivity index (χ4n) is 4.23. The van der Waals surface area contributed by atoms with E-state index in [1.165, 1.54) is 21.9 Å². The Hall–Kier alpha value is -2.57. The van der Waals surface area contributed by atoms with Gasteiger partial charge in [-0.15, -0.1) is 0 Å². The van der Waals surface area contributed by atoms with Crippen LogP contribution < -0.4 is 51.4 Å². The van der Waals surface area contributed by atoms with Crippen molar-refractivity contribution in [1.82, 2.24) is 0 Å². The monoisotopic (exact) mass is 367 g/mol. The van der Waals surface area contributed by atoms with Crippen LogP contribution in [0.5, 0.6) is 0 Å². The van der Waals surface area contributed by atoms with Crippen molar-refractivity contribution in [1.29, 1.82) is 5.26 Å². The summed E-state index contributed by atoms with van der Waals surface area (Å²) in [7, 11) is 0. The van der Waals surface area contributed by atoms with Gasteiger partial charge in [0.25, 0.3) is 0 Å². The maximum absolute atomic E-state index is 9.24. The van der Waals surface area contributed by atoms with E-state index < -0.39 is 6.15 Å². The first kappa shape index (κ1) is 20.2. The zero-order valence-corrected chi connectivity index (χ0v) is 18.0. The van der Waals surface area contributed by atoms with E-state index in [1.807, 2.05) is 12.1 Å². The Bertz CT molecular complexity index is 960. The average Bonchev–Trinajstić information content (AvgIpc) is 2.77. The van der Waals surface area contributed by atoms with Gasteiger partial charge < -0.3 is 0 Å². The SMILES string of the molecule is N#Cc1ccc([B-](c2ccccc2)(c2ccccc2)c2ccccc2)cc1.[Na+]. The standard InChI is InChI=1S/C25H19BN.Na/c27-20-21-16-18-25(19-17-21)26(22-10-4-1-5-11-22,23-12-6-2-7-13-23)24-14-8-3-9-15-24;/h1-19H;/q-1;+1. The van der Waals surface area contributed by atoms with Gasteiger partial charge in [0.2, 0.25) is 0 Å². The third kappa shape index (κ3) is 3.58. The number of hydrogen-bond donors (Lipinski definition) is 0. The van der Waals surface area contributed by atoms with E-state index in [-0.39, 0.29) is 29.6 Å². The number of nitriles is 1. The molecule has 4 rings (SSSR count). The minimum Gasteiger partial charge on any atom is -0.195 e. The zero-order valence-electron chi connectivity index (χ0n) is 16.0. The molecule has 0 aliphatic rings. The Labute approximate surface area is 188 Å². The molecule has 0 unspecified atom stereocenters.